The van der Waals surface area contributed by atoms with Gasteiger partial charge in [-0.1, -0.05) is 30.3 Å². The number of nitrogens with one attached hydrogen (secondary N) is 1. The lowest BCUT2D eigenvalue weighted by Gasteiger charge is -2.23. The van der Waals surface area contributed by atoms with Crippen molar-refractivity contribution in [2.24, 2.45) is 0 Å². The first-order valence-corrected chi connectivity index (χ1v) is 7.38. The summed E-state index contributed by atoms with van der Waals surface area (Å²) >= 11 is 0. The summed E-state index contributed by atoms with van der Waals surface area (Å²) in [6.07, 6.45) is 0.246. The number of Topliss-reactive ketones (excluding diaryl/α,β-unsaturated/α-hetero) is 1. The molecule has 0 aliphatic heterocycles. The molecule has 0 spiro atoms. The average molecular weight is 307 g/mol. The molecule has 0 radical (unpaired) electrons. The van der Waals surface area contributed by atoms with Crippen LogP contribution in [0.25, 0.3) is 0 Å². The Bertz CT molecular complexity index is 479. The molecule has 22 heavy (non-hydrogen) atoms. The topological polar surface area (TPSA) is 64.6 Å². The van der Waals surface area contributed by atoms with Gasteiger partial charge in [0.05, 0.1) is 0 Å². The fraction of sp³-hybridized carbons (Fsp3) is 0.529. The Balaban J connectivity index is 2.64. The number of rotatable bonds is 7. The zero-order valence-corrected chi connectivity index (χ0v) is 13.7. The minimum Gasteiger partial charge on any atom is -0.444 e. The van der Waals surface area contributed by atoms with Gasteiger partial charge in [-0.25, -0.2) is 4.79 Å². The van der Waals surface area contributed by atoms with E-state index in [9.17, 15) is 9.59 Å². The van der Waals surface area contributed by atoms with Gasteiger partial charge in [0.15, 0.2) is 5.78 Å². The van der Waals surface area contributed by atoms with Gasteiger partial charge in [-0.05, 0) is 27.2 Å². The van der Waals surface area contributed by atoms with Crippen molar-refractivity contribution in [1.29, 1.82) is 0 Å². The van der Waals surface area contributed by atoms with Gasteiger partial charge in [0.25, 0.3) is 0 Å². The predicted octanol–water partition coefficient (Wildman–Crippen LogP) is 3.19. The molecule has 1 atom stereocenters. The van der Waals surface area contributed by atoms with Crippen molar-refractivity contribution in [1.82, 2.24) is 5.32 Å². The molecule has 5 heteroatoms. The van der Waals surface area contributed by atoms with E-state index >= 15 is 0 Å². The molecule has 1 aromatic carbocycles. The van der Waals surface area contributed by atoms with Crippen LogP contribution in [-0.2, 0) is 9.47 Å². The van der Waals surface area contributed by atoms with E-state index in [2.05, 4.69) is 5.32 Å². The molecule has 1 aromatic rings. The maximum atomic E-state index is 12.3. The zero-order chi connectivity index (χ0) is 16.6. The molecule has 1 rings (SSSR count). The molecule has 1 unspecified atom stereocenters. The fourth-order valence-corrected chi connectivity index (χ4v) is 1.93. The van der Waals surface area contributed by atoms with Gasteiger partial charge in [0.1, 0.15) is 5.60 Å². The third-order valence-corrected chi connectivity index (χ3v) is 2.92. The second-order valence-electron chi connectivity index (χ2n) is 6.12. The number of ketones is 1. The number of benzene rings is 1. The molecular weight excluding hydrogens is 282 g/mol. The third kappa shape index (κ3) is 7.22. The van der Waals surface area contributed by atoms with Crippen molar-refractivity contribution in [3.8, 4) is 0 Å². The normalized spacial score (nSPS) is 12.5. The maximum Gasteiger partial charge on any atom is 0.407 e. The SMILES string of the molecule is COCCC(CC(=O)c1ccccc1)NC(=O)OC(C)(C)C. The zero-order valence-electron chi connectivity index (χ0n) is 13.7. The molecule has 0 fully saturated rings. The standard InChI is InChI=1S/C17H25NO4/c1-17(2,3)22-16(20)18-14(10-11-21-4)12-15(19)13-8-6-5-7-9-13/h5-9,14H,10-12H2,1-4H3,(H,18,20). The van der Waals surface area contributed by atoms with Gasteiger partial charge in [-0.15, -0.1) is 0 Å². The number of ether oxygens (including phenoxy) is 2. The molecular formula is C17H25NO4. The lowest BCUT2D eigenvalue weighted by Crippen LogP contribution is -2.40. The Kier molecular flexibility index (Phi) is 7.05. The minimum absolute atomic E-state index is 0.0160. The smallest absolute Gasteiger partial charge is 0.407 e. The number of amides is 1. The minimum atomic E-state index is -0.570. The van der Waals surface area contributed by atoms with Crippen molar-refractivity contribution in [2.75, 3.05) is 13.7 Å². The maximum absolute atomic E-state index is 12.3. The van der Waals surface area contributed by atoms with Gasteiger partial charge < -0.3 is 14.8 Å². The summed E-state index contributed by atoms with van der Waals surface area (Å²) < 4.78 is 10.3. The van der Waals surface area contributed by atoms with Crippen LogP contribution in [0.15, 0.2) is 30.3 Å². The van der Waals surface area contributed by atoms with Crippen LogP contribution in [0.4, 0.5) is 4.79 Å². The van der Waals surface area contributed by atoms with Gasteiger partial charge in [0, 0.05) is 31.7 Å². The largest absolute Gasteiger partial charge is 0.444 e. The molecule has 5 nitrogen and oxygen atoms in total. The van der Waals surface area contributed by atoms with Crippen molar-refractivity contribution in [3.63, 3.8) is 0 Å². The van der Waals surface area contributed by atoms with E-state index in [1.807, 2.05) is 18.2 Å². The lowest BCUT2D eigenvalue weighted by atomic mass is 10.0. The fourth-order valence-electron chi connectivity index (χ4n) is 1.93. The number of carbonyl (C=O) groups is 2. The highest BCUT2D eigenvalue weighted by molar-refractivity contribution is 5.96. The summed E-state index contributed by atoms with van der Waals surface area (Å²) in [5.41, 5.74) is 0.0650. The van der Waals surface area contributed by atoms with E-state index < -0.39 is 11.7 Å². The highest BCUT2D eigenvalue weighted by atomic mass is 16.6. The van der Waals surface area contributed by atoms with Crippen LogP contribution in [0.1, 0.15) is 44.0 Å². The van der Waals surface area contributed by atoms with Crippen molar-refractivity contribution in [2.45, 2.75) is 45.3 Å². The third-order valence-electron chi connectivity index (χ3n) is 2.92. The number of alkyl carbamates (subject to hydrolysis) is 1. The van der Waals surface area contributed by atoms with Crippen molar-refractivity contribution >= 4 is 11.9 Å². The van der Waals surface area contributed by atoms with Crippen LogP contribution < -0.4 is 5.32 Å². The molecule has 0 saturated carbocycles. The molecule has 0 heterocycles. The van der Waals surface area contributed by atoms with Crippen LogP contribution in [-0.4, -0.2) is 37.2 Å². The lowest BCUT2D eigenvalue weighted by molar-refractivity contribution is 0.0490. The van der Waals surface area contributed by atoms with Crippen LogP contribution >= 0.6 is 0 Å². The molecule has 1 amide bonds. The summed E-state index contributed by atoms with van der Waals surface area (Å²) in [7, 11) is 1.59. The molecule has 0 aliphatic carbocycles. The van der Waals surface area contributed by atoms with E-state index in [-0.39, 0.29) is 18.2 Å². The Labute approximate surface area is 132 Å². The molecule has 1 N–H and O–H groups in total. The van der Waals surface area contributed by atoms with E-state index in [0.717, 1.165) is 0 Å². The van der Waals surface area contributed by atoms with Crippen LogP contribution in [0.3, 0.4) is 0 Å². The number of methoxy groups -OCH3 is 1. The highest BCUT2D eigenvalue weighted by Crippen LogP contribution is 2.11. The Morgan fingerprint density at radius 1 is 1.18 bits per heavy atom. The first-order valence-electron chi connectivity index (χ1n) is 7.38. The summed E-state index contributed by atoms with van der Waals surface area (Å²) in [6.45, 7) is 5.85. The summed E-state index contributed by atoms with van der Waals surface area (Å²) in [5, 5.41) is 2.75. The molecule has 0 aliphatic rings. The Morgan fingerprint density at radius 3 is 2.36 bits per heavy atom. The molecule has 0 saturated heterocycles. The first kappa shape index (κ1) is 18.2. The first-order chi connectivity index (χ1) is 10.3. The quantitative estimate of drug-likeness (QED) is 0.786. The van der Waals surface area contributed by atoms with Crippen LogP contribution in [0.5, 0.6) is 0 Å². The predicted molar refractivity (Wildman–Crippen MR) is 85.0 cm³/mol. The Morgan fingerprint density at radius 2 is 1.82 bits per heavy atom. The number of carbonyl (C=O) groups excluding carboxylic acids is 2. The summed E-state index contributed by atoms with van der Waals surface area (Å²) in [4.78, 5) is 24.1. The van der Waals surface area contributed by atoms with Crippen LogP contribution in [0.2, 0.25) is 0 Å². The van der Waals surface area contributed by atoms with Crippen molar-refractivity contribution < 1.29 is 19.1 Å². The van der Waals surface area contributed by atoms with Gasteiger partial charge in [0.2, 0.25) is 0 Å². The van der Waals surface area contributed by atoms with Crippen LogP contribution in [0, 0.1) is 0 Å². The van der Waals surface area contributed by atoms with Gasteiger partial charge >= 0.3 is 6.09 Å². The Hall–Kier alpha value is -1.88. The molecule has 0 aromatic heterocycles. The van der Waals surface area contributed by atoms with E-state index in [1.165, 1.54) is 0 Å². The number of hydrogen-bond acceptors (Lipinski definition) is 4. The summed E-state index contributed by atoms with van der Waals surface area (Å²) in [6, 6.07) is 8.71. The average Bonchev–Trinajstić information content (AvgIpc) is 2.43. The molecule has 122 valence electrons. The highest BCUT2D eigenvalue weighted by Gasteiger charge is 2.21. The van der Waals surface area contributed by atoms with E-state index in [0.29, 0.717) is 18.6 Å². The van der Waals surface area contributed by atoms with E-state index in [4.69, 9.17) is 9.47 Å². The van der Waals surface area contributed by atoms with Crippen molar-refractivity contribution in [3.05, 3.63) is 35.9 Å². The van der Waals surface area contributed by atoms with E-state index in [1.54, 1.807) is 40.0 Å². The second-order valence-corrected chi connectivity index (χ2v) is 6.12. The van der Waals surface area contributed by atoms with Gasteiger partial charge in [-0.3, -0.25) is 4.79 Å². The number of hydrogen-bond donors (Lipinski definition) is 1. The second kappa shape index (κ2) is 8.54. The summed E-state index contributed by atoms with van der Waals surface area (Å²) in [5.74, 6) is -0.0160. The molecule has 0 bridgehead atoms. The van der Waals surface area contributed by atoms with Gasteiger partial charge in [-0.2, -0.15) is 0 Å². The monoisotopic (exact) mass is 307 g/mol.